The van der Waals surface area contributed by atoms with E-state index in [1.807, 2.05) is 6.92 Å². The van der Waals surface area contributed by atoms with Gasteiger partial charge in [-0.25, -0.2) is 4.99 Å². The number of ether oxygens (including phenoxy) is 2. The van der Waals surface area contributed by atoms with Crippen LogP contribution in [0.25, 0.3) is 0 Å². The molecule has 2 aliphatic heterocycles. The number of nitrogens with zero attached hydrogens (tertiary/aromatic N) is 1. The molecule has 4 atom stereocenters. The summed E-state index contributed by atoms with van der Waals surface area (Å²) >= 11 is 17.1. The fourth-order valence-electron chi connectivity index (χ4n) is 1.86. The maximum Gasteiger partial charge on any atom is 1.00 e. The predicted octanol–water partition coefficient (Wildman–Crippen LogP) is -0.465. The monoisotopic (exact) mass is 551 g/mol. The van der Waals surface area contributed by atoms with E-state index in [0.717, 1.165) is 6.42 Å². The van der Waals surface area contributed by atoms with E-state index in [4.69, 9.17) is 44.3 Å². The first-order valence-electron chi connectivity index (χ1n) is 4.68. The molecule has 2 rings (SSSR count). The van der Waals surface area contributed by atoms with Gasteiger partial charge in [-0.15, -0.1) is 0 Å². The quantitative estimate of drug-likeness (QED) is 0.301. The first-order chi connectivity index (χ1) is 6.88. The van der Waals surface area contributed by atoms with Crippen LogP contribution < -0.4 is 17.0 Å². The van der Waals surface area contributed by atoms with Gasteiger partial charge in [-0.3, -0.25) is 0 Å². The molecule has 0 saturated carbocycles. The van der Waals surface area contributed by atoms with Crippen LogP contribution in [0.15, 0.2) is 4.99 Å². The third kappa shape index (κ3) is 4.35. The van der Waals surface area contributed by atoms with Crippen LogP contribution in [-0.2, 0) is 37.1 Å². The Bertz CT molecular complexity index is 300. The zero-order chi connectivity index (χ0) is 11.2. The Morgan fingerprint density at radius 3 is 2.53 bits per heavy atom. The molecule has 94 valence electrons. The summed E-state index contributed by atoms with van der Waals surface area (Å²) in [5, 5.41) is 0. The Kier molecular flexibility index (Phi) is 7.63. The Labute approximate surface area is 147 Å². The summed E-state index contributed by atoms with van der Waals surface area (Å²) in [4.78, 5) is 4.09. The standard InChI is InChI=1S/C9H11Cl3NO2.BrH.Hg/c1-4-3-6-7(14-4)5(2)13-8(15-6)9(10,11)12;;/h4-7H,2-3H2,1H3;1H;/q;;+1/p-1/t4-,5+,6-,7-;;/m0../s1. The van der Waals surface area contributed by atoms with Crippen LogP contribution in [0.4, 0.5) is 0 Å². The molecule has 0 amide bonds. The SMILES string of the molecule is [Br-].[CH2][C@H]1N=C(C(Cl)(Cl)Cl)O[C@H]2C[C@H](C)O[C@H]21.[Hg+]. The predicted molar refractivity (Wildman–Crippen MR) is 60.7 cm³/mol. The molecule has 0 N–H and O–H groups in total. The molecule has 2 radical (unpaired) electrons. The maximum atomic E-state index is 5.71. The van der Waals surface area contributed by atoms with E-state index < -0.39 is 3.79 Å². The second-order valence-electron chi connectivity index (χ2n) is 3.80. The Morgan fingerprint density at radius 2 is 2.00 bits per heavy atom. The minimum absolute atomic E-state index is 0. The van der Waals surface area contributed by atoms with Gasteiger partial charge in [0.25, 0.3) is 3.79 Å². The summed E-state index contributed by atoms with van der Waals surface area (Å²) in [6.07, 6.45) is 0.673. The number of halogens is 4. The molecule has 2 aliphatic rings. The zero-order valence-corrected chi connectivity index (χ0v) is 18.6. The van der Waals surface area contributed by atoms with Crippen LogP contribution in [0.1, 0.15) is 13.3 Å². The van der Waals surface area contributed by atoms with Crippen molar-refractivity contribution in [3.63, 3.8) is 0 Å². The van der Waals surface area contributed by atoms with Crippen LogP contribution >= 0.6 is 34.8 Å². The molecule has 1 saturated heterocycles. The molecular weight excluding hydrogens is 541 g/mol. The van der Waals surface area contributed by atoms with Gasteiger partial charge >= 0.3 is 27.7 Å². The fraction of sp³-hybridized carbons (Fsp3) is 0.778. The molecule has 0 unspecified atom stereocenters. The summed E-state index contributed by atoms with van der Waals surface area (Å²) in [6.45, 7) is 5.85. The number of hydrogen-bond acceptors (Lipinski definition) is 3. The van der Waals surface area contributed by atoms with E-state index >= 15 is 0 Å². The van der Waals surface area contributed by atoms with Crippen LogP contribution in [0.3, 0.4) is 0 Å². The number of aliphatic imine (C=N–C) groups is 1. The van der Waals surface area contributed by atoms with E-state index in [1.54, 1.807) is 0 Å². The van der Waals surface area contributed by atoms with E-state index in [0.29, 0.717) is 0 Å². The van der Waals surface area contributed by atoms with Gasteiger partial charge < -0.3 is 26.5 Å². The third-order valence-corrected chi connectivity index (χ3v) is 2.97. The topological polar surface area (TPSA) is 30.8 Å². The zero-order valence-electron chi connectivity index (χ0n) is 9.21. The maximum absolute atomic E-state index is 5.71. The van der Waals surface area contributed by atoms with Crippen molar-refractivity contribution >= 4 is 40.7 Å². The van der Waals surface area contributed by atoms with Gasteiger partial charge in [0.05, 0.1) is 12.1 Å². The van der Waals surface area contributed by atoms with E-state index in [1.165, 1.54) is 0 Å². The van der Waals surface area contributed by atoms with Crippen molar-refractivity contribution in [1.29, 1.82) is 0 Å². The van der Waals surface area contributed by atoms with Crippen molar-refractivity contribution < 1.29 is 54.1 Å². The molecule has 0 aromatic carbocycles. The van der Waals surface area contributed by atoms with Crippen LogP contribution in [-0.4, -0.2) is 34.0 Å². The van der Waals surface area contributed by atoms with Crippen molar-refractivity contribution in [3.05, 3.63) is 6.92 Å². The largest absolute Gasteiger partial charge is 1.00 e. The molecule has 0 aliphatic carbocycles. The Hall–Kier alpha value is 1.72. The normalized spacial score (nSPS) is 35.9. The van der Waals surface area contributed by atoms with Gasteiger partial charge in [-0.2, -0.15) is 0 Å². The molecule has 0 aromatic heterocycles. The second-order valence-corrected chi connectivity index (χ2v) is 6.08. The van der Waals surface area contributed by atoms with Crippen LogP contribution in [0, 0.1) is 6.92 Å². The Morgan fingerprint density at radius 1 is 1.41 bits per heavy atom. The van der Waals surface area contributed by atoms with Crippen molar-refractivity contribution in [2.24, 2.45) is 4.99 Å². The molecular formula is C9H11BrCl3HgNO2. The first-order valence-corrected chi connectivity index (χ1v) is 5.81. The smallest absolute Gasteiger partial charge is 1.00 e. The third-order valence-electron chi connectivity index (χ3n) is 2.49. The molecule has 0 aromatic rings. The number of rotatable bonds is 0. The second kappa shape index (κ2) is 6.93. The molecule has 0 spiro atoms. The summed E-state index contributed by atoms with van der Waals surface area (Å²) in [5.41, 5.74) is 0. The first kappa shape index (κ1) is 18.7. The number of fused-ring (bicyclic) bond motifs is 1. The van der Waals surface area contributed by atoms with E-state index in [9.17, 15) is 0 Å². The van der Waals surface area contributed by atoms with Gasteiger partial charge in [0.2, 0.25) is 5.90 Å². The van der Waals surface area contributed by atoms with Gasteiger partial charge in [0, 0.05) is 6.42 Å². The van der Waals surface area contributed by atoms with Crippen LogP contribution in [0.2, 0.25) is 0 Å². The number of hydrogen-bond donors (Lipinski definition) is 0. The minimum atomic E-state index is -1.62. The summed E-state index contributed by atoms with van der Waals surface area (Å²) in [7, 11) is 0. The summed E-state index contributed by atoms with van der Waals surface area (Å²) < 4.78 is 9.50. The average Bonchev–Trinajstić information content (AvgIpc) is 2.44. The molecule has 2 heterocycles. The fourth-order valence-corrected chi connectivity index (χ4v) is 2.14. The van der Waals surface area contributed by atoms with E-state index in [2.05, 4.69) is 11.9 Å². The van der Waals surface area contributed by atoms with Crippen molar-refractivity contribution in [2.45, 2.75) is 41.5 Å². The van der Waals surface area contributed by atoms with Crippen molar-refractivity contribution in [3.8, 4) is 0 Å². The van der Waals surface area contributed by atoms with Gasteiger partial charge in [0.15, 0.2) is 0 Å². The van der Waals surface area contributed by atoms with Crippen molar-refractivity contribution in [1.82, 2.24) is 0 Å². The molecule has 8 heteroatoms. The molecule has 3 nitrogen and oxygen atoms in total. The average molecular weight is 552 g/mol. The molecule has 1 fully saturated rings. The van der Waals surface area contributed by atoms with E-state index in [-0.39, 0.29) is 74.9 Å². The Balaban J connectivity index is 0.00000128. The number of alkyl halides is 3. The van der Waals surface area contributed by atoms with Crippen LogP contribution in [0.5, 0.6) is 0 Å². The molecule has 0 bridgehead atoms. The summed E-state index contributed by atoms with van der Waals surface area (Å²) in [6, 6.07) is -0.278. The van der Waals surface area contributed by atoms with Crippen molar-refractivity contribution in [2.75, 3.05) is 0 Å². The van der Waals surface area contributed by atoms with Gasteiger partial charge in [-0.05, 0) is 13.8 Å². The minimum Gasteiger partial charge on any atom is -1.00 e. The van der Waals surface area contributed by atoms with Gasteiger partial charge in [0.1, 0.15) is 12.2 Å². The van der Waals surface area contributed by atoms with Gasteiger partial charge in [-0.1, -0.05) is 34.8 Å². The summed E-state index contributed by atoms with van der Waals surface area (Å²) in [5.74, 6) is 0.117. The molecule has 17 heavy (non-hydrogen) atoms.